The van der Waals surface area contributed by atoms with Gasteiger partial charge in [0.25, 0.3) is 0 Å². The third-order valence-electron chi connectivity index (χ3n) is 3.42. The number of rotatable bonds is 5. The Morgan fingerprint density at radius 2 is 1.46 bits per heavy atom. The molecule has 0 aliphatic rings. The van der Waals surface area contributed by atoms with Crippen LogP contribution in [0.2, 0.25) is 0 Å². The van der Waals surface area contributed by atoms with Gasteiger partial charge in [-0.2, -0.15) is 0 Å². The van der Waals surface area contributed by atoms with Crippen LogP contribution in [0, 0.1) is 17.3 Å². The summed E-state index contributed by atoms with van der Waals surface area (Å²) in [7, 11) is 0. The minimum absolute atomic E-state index is 0.502. The lowest BCUT2D eigenvalue weighted by atomic mass is 9.75. The summed E-state index contributed by atoms with van der Waals surface area (Å²) in [5.74, 6) is 1.82. The zero-order chi connectivity index (χ0) is 10.5. The zero-order valence-corrected chi connectivity index (χ0v) is 10.5. The Morgan fingerprint density at radius 3 is 1.77 bits per heavy atom. The Hall–Kier alpha value is 0. The molecule has 0 heteroatoms. The van der Waals surface area contributed by atoms with Crippen LogP contribution in [-0.4, -0.2) is 0 Å². The SMILES string of the molecule is CCC(C)CCC(CC)C(C)(C)C. The van der Waals surface area contributed by atoms with E-state index >= 15 is 0 Å². The Labute approximate surface area is 85.1 Å². The molecule has 0 rings (SSSR count). The van der Waals surface area contributed by atoms with Crippen LogP contribution >= 0.6 is 0 Å². The van der Waals surface area contributed by atoms with E-state index in [1.807, 2.05) is 0 Å². The lowest BCUT2D eigenvalue weighted by Gasteiger charge is -2.30. The van der Waals surface area contributed by atoms with E-state index in [2.05, 4.69) is 41.5 Å². The van der Waals surface area contributed by atoms with Crippen molar-refractivity contribution in [3.05, 3.63) is 0 Å². The van der Waals surface area contributed by atoms with Crippen molar-refractivity contribution in [1.29, 1.82) is 0 Å². The molecule has 0 heterocycles. The van der Waals surface area contributed by atoms with Crippen molar-refractivity contribution in [2.24, 2.45) is 17.3 Å². The van der Waals surface area contributed by atoms with Gasteiger partial charge in [-0.1, -0.05) is 60.8 Å². The van der Waals surface area contributed by atoms with Gasteiger partial charge < -0.3 is 0 Å². The van der Waals surface area contributed by atoms with Gasteiger partial charge in [0.2, 0.25) is 0 Å². The molecule has 0 N–H and O–H groups in total. The molecule has 0 amide bonds. The molecular weight excluding hydrogens is 156 g/mol. The first-order valence-corrected chi connectivity index (χ1v) is 5.91. The summed E-state index contributed by atoms with van der Waals surface area (Å²) in [4.78, 5) is 0. The molecule has 2 unspecified atom stereocenters. The summed E-state index contributed by atoms with van der Waals surface area (Å²) >= 11 is 0. The van der Waals surface area contributed by atoms with E-state index < -0.39 is 0 Å². The molecule has 0 bridgehead atoms. The van der Waals surface area contributed by atoms with Crippen LogP contribution in [0.5, 0.6) is 0 Å². The fraction of sp³-hybridized carbons (Fsp3) is 1.00. The van der Waals surface area contributed by atoms with Crippen LogP contribution in [0.3, 0.4) is 0 Å². The fourth-order valence-electron chi connectivity index (χ4n) is 1.94. The van der Waals surface area contributed by atoms with E-state index in [-0.39, 0.29) is 0 Å². The minimum Gasteiger partial charge on any atom is -0.0651 e. The molecule has 0 aromatic carbocycles. The van der Waals surface area contributed by atoms with E-state index in [0.717, 1.165) is 11.8 Å². The molecule has 2 atom stereocenters. The van der Waals surface area contributed by atoms with Gasteiger partial charge in [0, 0.05) is 0 Å². The first-order valence-electron chi connectivity index (χ1n) is 5.91. The summed E-state index contributed by atoms with van der Waals surface area (Å²) < 4.78 is 0. The predicted octanol–water partition coefficient (Wildman–Crippen LogP) is 4.89. The molecule has 0 aromatic rings. The molecule has 0 saturated heterocycles. The van der Waals surface area contributed by atoms with E-state index in [1.54, 1.807) is 0 Å². The van der Waals surface area contributed by atoms with E-state index in [4.69, 9.17) is 0 Å². The fourth-order valence-corrected chi connectivity index (χ4v) is 1.94. The smallest absolute Gasteiger partial charge is 0.0354 e. The third kappa shape index (κ3) is 5.33. The van der Waals surface area contributed by atoms with Gasteiger partial charge in [0.15, 0.2) is 0 Å². The molecule has 0 aromatic heterocycles. The molecule has 0 aliphatic heterocycles. The highest BCUT2D eigenvalue weighted by Gasteiger charge is 2.22. The summed E-state index contributed by atoms with van der Waals surface area (Å²) in [6, 6.07) is 0. The molecule has 0 aliphatic carbocycles. The van der Waals surface area contributed by atoms with Gasteiger partial charge >= 0.3 is 0 Å². The molecular formula is C13H28. The lowest BCUT2D eigenvalue weighted by Crippen LogP contribution is -2.20. The Kier molecular flexibility index (Phi) is 5.67. The van der Waals surface area contributed by atoms with Crippen molar-refractivity contribution >= 4 is 0 Å². The average molecular weight is 184 g/mol. The van der Waals surface area contributed by atoms with Crippen molar-refractivity contribution in [1.82, 2.24) is 0 Å². The molecule has 13 heavy (non-hydrogen) atoms. The molecule has 0 radical (unpaired) electrons. The van der Waals surface area contributed by atoms with Gasteiger partial charge in [-0.3, -0.25) is 0 Å². The third-order valence-corrected chi connectivity index (χ3v) is 3.42. The highest BCUT2D eigenvalue weighted by Crippen LogP contribution is 2.33. The lowest BCUT2D eigenvalue weighted by molar-refractivity contribution is 0.205. The van der Waals surface area contributed by atoms with Crippen molar-refractivity contribution < 1.29 is 0 Å². The van der Waals surface area contributed by atoms with Crippen molar-refractivity contribution in [3.8, 4) is 0 Å². The normalized spacial score (nSPS) is 17.1. The predicted molar refractivity (Wildman–Crippen MR) is 61.9 cm³/mol. The first kappa shape index (κ1) is 13.0. The molecule has 0 nitrogen and oxygen atoms in total. The van der Waals surface area contributed by atoms with E-state index in [0.29, 0.717) is 5.41 Å². The summed E-state index contributed by atoms with van der Waals surface area (Å²) in [5.41, 5.74) is 0.502. The zero-order valence-electron chi connectivity index (χ0n) is 10.5. The summed E-state index contributed by atoms with van der Waals surface area (Å²) in [5, 5.41) is 0. The summed E-state index contributed by atoms with van der Waals surface area (Å²) in [6.45, 7) is 14.1. The maximum atomic E-state index is 2.37. The monoisotopic (exact) mass is 184 g/mol. The van der Waals surface area contributed by atoms with Crippen LogP contribution in [0.15, 0.2) is 0 Å². The van der Waals surface area contributed by atoms with E-state index in [1.165, 1.54) is 25.7 Å². The molecule has 0 saturated carbocycles. The van der Waals surface area contributed by atoms with Crippen molar-refractivity contribution in [2.45, 2.75) is 67.2 Å². The van der Waals surface area contributed by atoms with Crippen molar-refractivity contribution in [3.63, 3.8) is 0 Å². The second-order valence-corrected chi connectivity index (χ2v) is 5.56. The van der Waals surface area contributed by atoms with Crippen molar-refractivity contribution in [2.75, 3.05) is 0 Å². The minimum atomic E-state index is 0.502. The maximum absolute atomic E-state index is 2.37. The topological polar surface area (TPSA) is 0 Å². The van der Waals surface area contributed by atoms with Crippen LogP contribution < -0.4 is 0 Å². The van der Waals surface area contributed by atoms with Crippen LogP contribution in [-0.2, 0) is 0 Å². The molecule has 0 spiro atoms. The standard InChI is InChI=1S/C13H28/c1-7-11(3)9-10-12(8-2)13(4,5)6/h11-12H,7-10H2,1-6H3. The van der Waals surface area contributed by atoms with Gasteiger partial charge in [-0.25, -0.2) is 0 Å². The van der Waals surface area contributed by atoms with Gasteiger partial charge in [-0.05, 0) is 23.7 Å². The van der Waals surface area contributed by atoms with Gasteiger partial charge in [-0.15, -0.1) is 0 Å². The largest absolute Gasteiger partial charge is 0.0651 e. The quantitative estimate of drug-likeness (QED) is 0.571. The van der Waals surface area contributed by atoms with Crippen LogP contribution in [0.1, 0.15) is 67.2 Å². The number of hydrogen-bond acceptors (Lipinski definition) is 0. The van der Waals surface area contributed by atoms with Gasteiger partial charge in [0.1, 0.15) is 0 Å². The molecule has 0 fully saturated rings. The maximum Gasteiger partial charge on any atom is -0.0354 e. The highest BCUT2D eigenvalue weighted by molar-refractivity contribution is 4.73. The van der Waals surface area contributed by atoms with Crippen LogP contribution in [0.4, 0.5) is 0 Å². The Balaban J connectivity index is 3.86. The average Bonchev–Trinajstić information content (AvgIpc) is 2.02. The van der Waals surface area contributed by atoms with Crippen LogP contribution in [0.25, 0.3) is 0 Å². The van der Waals surface area contributed by atoms with E-state index in [9.17, 15) is 0 Å². The molecule has 80 valence electrons. The number of hydrogen-bond donors (Lipinski definition) is 0. The second kappa shape index (κ2) is 5.67. The first-order chi connectivity index (χ1) is 5.91. The Morgan fingerprint density at radius 1 is 0.923 bits per heavy atom. The second-order valence-electron chi connectivity index (χ2n) is 5.56. The summed E-state index contributed by atoms with van der Waals surface area (Å²) in [6.07, 6.45) is 5.49. The van der Waals surface area contributed by atoms with Gasteiger partial charge in [0.05, 0.1) is 0 Å². The Bertz CT molecular complexity index is 118. The highest BCUT2D eigenvalue weighted by atomic mass is 14.3.